The highest BCUT2D eigenvalue weighted by atomic mass is 19.4. The second-order valence-corrected chi connectivity index (χ2v) is 5.62. The fourth-order valence-electron chi connectivity index (χ4n) is 1.71. The number of carbonyl (C=O) groups is 3. The minimum absolute atomic E-state index is 0.300. The molecular weight excluding hydrogens is 329 g/mol. The highest BCUT2D eigenvalue weighted by Gasteiger charge is 2.29. The van der Waals surface area contributed by atoms with Crippen molar-refractivity contribution in [1.29, 1.82) is 0 Å². The molecule has 1 rings (SSSR count). The van der Waals surface area contributed by atoms with Gasteiger partial charge in [0.05, 0.1) is 5.41 Å². The van der Waals surface area contributed by atoms with E-state index in [0.717, 1.165) is 0 Å². The standard InChI is InChI=1S/C15H17F3N2O4/c1-14(2,13(23)24)9-3-5-10(6-4-9)20-12(22)7-11(21)19-8-15(16,17)18/h3-6H,7-8H2,1-2H3,(H,19,21)(H,20,22)(H,23,24). The zero-order chi connectivity index (χ0) is 18.5. The van der Waals surface area contributed by atoms with Crippen molar-refractivity contribution in [3.63, 3.8) is 0 Å². The minimum atomic E-state index is -4.54. The Balaban J connectivity index is 2.59. The van der Waals surface area contributed by atoms with E-state index in [1.165, 1.54) is 38.1 Å². The number of alkyl halides is 3. The lowest BCUT2D eigenvalue weighted by molar-refractivity contribution is -0.142. The number of carboxylic acids is 1. The number of anilines is 1. The van der Waals surface area contributed by atoms with Gasteiger partial charge in [0.1, 0.15) is 13.0 Å². The molecule has 0 aliphatic rings. The van der Waals surface area contributed by atoms with Crippen LogP contribution in [0, 0.1) is 0 Å². The Morgan fingerprint density at radius 1 is 1.04 bits per heavy atom. The molecule has 0 atom stereocenters. The van der Waals surface area contributed by atoms with Crippen LogP contribution >= 0.6 is 0 Å². The average molecular weight is 346 g/mol. The van der Waals surface area contributed by atoms with E-state index in [1.54, 1.807) is 5.32 Å². The summed E-state index contributed by atoms with van der Waals surface area (Å²) in [4.78, 5) is 33.9. The molecule has 0 heterocycles. The van der Waals surface area contributed by atoms with Crippen molar-refractivity contribution in [2.75, 3.05) is 11.9 Å². The van der Waals surface area contributed by atoms with Gasteiger partial charge in [-0.1, -0.05) is 12.1 Å². The molecule has 1 aromatic carbocycles. The Hall–Kier alpha value is -2.58. The van der Waals surface area contributed by atoms with Crippen LogP contribution in [0.15, 0.2) is 24.3 Å². The van der Waals surface area contributed by atoms with Gasteiger partial charge >= 0.3 is 12.1 Å². The third kappa shape index (κ3) is 5.90. The summed E-state index contributed by atoms with van der Waals surface area (Å²) in [5.74, 6) is -2.84. The molecule has 0 saturated heterocycles. The smallest absolute Gasteiger partial charge is 0.405 e. The molecule has 9 heteroatoms. The van der Waals surface area contributed by atoms with Crippen LogP contribution in [0.5, 0.6) is 0 Å². The van der Waals surface area contributed by atoms with Crippen molar-refractivity contribution in [2.45, 2.75) is 31.9 Å². The molecule has 0 aliphatic carbocycles. The third-order valence-corrected chi connectivity index (χ3v) is 3.23. The molecule has 0 unspecified atom stereocenters. The Morgan fingerprint density at radius 2 is 1.58 bits per heavy atom. The Bertz CT molecular complexity index is 625. The van der Waals surface area contributed by atoms with Gasteiger partial charge in [0.15, 0.2) is 0 Å². The Morgan fingerprint density at radius 3 is 2.04 bits per heavy atom. The topological polar surface area (TPSA) is 95.5 Å². The van der Waals surface area contributed by atoms with E-state index in [-0.39, 0.29) is 0 Å². The molecule has 6 nitrogen and oxygen atoms in total. The van der Waals surface area contributed by atoms with E-state index in [0.29, 0.717) is 11.3 Å². The molecule has 0 spiro atoms. The molecule has 24 heavy (non-hydrogen) atoms. The molecule has 3 N–H and O–H groups in total. The first-order valence-corrected chi connectivity index (χ1v) is 6.89. The van der Waals surface area contributed by atoms with E-state index < -0.39 is 42.3 Å². The molecule has 0 aromatic heterocycles. The van der Waals surface area contributed by atoms with Crippen LogP contribution < -0.4 is 10.6 Å². The number of halogens is 3. The number of amides is 2. The maximum absolute atomic E-state index is 11.9. The lowest BCUT2D eigenvalue weighted by atomic mass is 9.85. The van der Waals surface area contributed by atoms with Crippen molar-refractivity contribution in [3.8, 4) is 0 Å². The summed E-state index contributed by atoms with van der Waals surface area (Å²) in [6, 6.07) is 5.91. The van der Waals surface area contributed by atoms with Crippen LogP contribution in [0.1, 0.15) is 25.8 Å². The SMILES string of the molecule is CC(C)(C(=O)O)c1ccc(NC(=O)CC(=O)NCC(F)(F)F)cc1. The van der Waals surface area contributed by atoms with E-state index in [4.69, 9.17) is 5.11 Å². The van der Waals surface area contributed by atoms with E-state index in [2.05, 4.69) is 5.32 Å². The highest BCUT2D eigenvalue weighted by Crippen LogP contribution is 2.24. The molecule has 1 aromatic rings. The quantitative estimate of drug-likeness (QED) is 0.687. The van der Waals surface area contributed by atoms with Crippen molar-refractivity contribution < 1.29 is 32.7 Å². The first-order valence-electron chi connectivity index (χ1n) is 6.89. The summed E-state index contributed by atoms with van der Waals surface area (Å²) in [7, 11) is 0. The maximum atomic E-state index is 11.9. The van der Waals surface area contributed by atoms with Crippen molar-refractivity contribution >= 4 is 23.5 Å². The van der Waals surface area contributed by atoms with Crippen molar-refractivity contribution in [3.05, 3.63) is 29.8 Å². The average Bonchev–Trinajstić information content (AvgIpc) is 2.44. The summed E-state index contributed by atoms with van der Waals surface area (Å²) in [6.45, 7) is 1.54. The van der Waals surface area contributed by atoms with Crippen molar-refractivity contribution in [1.82, 2.24) is 5.32 Å². The largest absolute Gasteiger partial charge is 0.481 e. The molecule has 0 aliphatic heterocycles. The molecule has 0 radical (unpaired) electrons. The number of carboxylic acid groups (broad SMARTS) is 1. The fraction of sp³-hybridized carbons (Fsp3) is 0.400. The molecule has 0 fully saturated rings. The van der Waals surface area contributed by atoms with Crippen LogP contribution in [0.3, 0.4) is 0 Å². The van der Waals surface area contributed by atoms with Crippen LogP contribution in [0.4, 0.5) is 18.9 Å². The monoisotopic (exact) mass is 346 g/mol. The number of hydrogen-bond acceptors (Lipinski definition) is 3. The number of nitrogens with one attached hydrogen (secondary N) is 2. The predicted octanol–water partition coefficient (Wildman–Crippen LogP) is 2.06. The fourth-order valence-corrected chi connectivity index (χ4v) is 1.71. The number of rotatable bonds is 6. The van der Waals surface area contributed by atoms with Crippen LogP contribution in [-0.4, -0.2) is 35.6 Å². The van der Waals surface area contributed by atoms with Crippen LogP contribution in [-0.2, 0) is 19.8 Å². The van der Waals surface area contributed by atoms with Gasteiger partial charge in [-0.3, -0.25) is 14.4 Å². The third-order valence-electron chi connectivity index (χ3n) is 3.23. The molecular formula is C15H17F3N2O4. The van der Waals surface area contributed by atoms with Gasteiger partial charge in [-0.25, -0.2) is 0 Å². The number of aliphatic carboxylic acids is 1. The lowest BCUT2D eigenvalue weighted by Crippen LogP contribution is -2.35. The number of hydrogen-bond donors (Lipinski definition) is 3. The lowest BCUT2D eigenvalue weighted by Gasteiger charge is -2.19. The highest BCUT2D eigenvalue weighted by molar-refractivity contribution is 6.03. The molecule has 0 saturated carbocycles. The van der Waals surface area contributed by atoms with E-state index >= 15 is 0 Å². The predicted molar refractivity (Wildman–Crippen MR) is 79.4 cm³/mol. The summed E-state index contributed by atoms with van der Waals surface area (Å²) < 4.78 is 35.8. The Kier molecular flexibility index (Phi) is 5.94. The van der Waals surface area contributed by atoms with E-state index in [1.807, 2.05) is 0 Å². The zero-order valence-electron chi connectivity index (χ0n) is 13.0. The van der Waals surface area contributed by atoms with Gasteiger partial charge in [0, 0.05) is 5.69 Å². The maximum Gasteiger partial charge on any atom is 0.405 e. The van der Waals surface area contributed by atoms with Gasteiger partial charge in [0.2, 0.25) is 11.8 Å². The summed E-state index contributed by atoms with van der Waals surface area (Å²) in [5, 5.41) is 13.1. The summed E-state index contributed by atoms with van der Waals surface area (Å²) >= 11 is 0. The number of benzene rings is 1. The number of carbonyl (C=O) groups excluding carboxylic acids is 2. The molecule has 2 amide bonds. The summed E-state index contributed by atoms with van der Waals surface area (Å²) in [6.07, 6.45) is -5.29. The van der Waals surface area contributed by atoms with Crippen LogP contribution in [0.2, 0.25) is 0 Å². The first kappa shape index (κ1) is 19.5. The second kappa shape index (κ2) is 7.33. The van der Waals surface area contributed by atoms with Gasteiger partial charge in [0.25, 0.3) is 0 Å². The molecule has 132 valence electrons. The van der Waals surface area contributed by atoms with Gasteiger partial charge in [-0.2, -0.15) is 13.2 Å². The van der Waals surface area contributed by atoms with Crippen LogP contribution in [0.25, 0.3) is 0 Å². The normalized spacial score (nSPS) is 11.7. The van der Waals surface area contributed by atoms with Gasteiger partial charge in [-0.05, 0) is 31.5 Å². The Labute approximate surface area is 136 Å². The molecule has 0 bridgehead atoms. The van der Waals surface area contributed by atoms with Gasteiger partial charge in [-0.15, -0.1) is 0 Å². The zero-order valence-corrected chi connectivity index (χ0v) is 13.0. The first-order chi connectivity index (χ1) is 10.9. The second-order valence-electron chi connectivity index (χ2n) is 5.62. The van der Waals surface area contributed by atoms with Gasteiger partial charge < -0.3 is 15.7 Å². The van der Waals surface area contributed by atoms with Crippen molar-refractivity contribution in [2.24, 2.45) is 0 Å². The van der Waals surface area contributed by atoms with E-state index in [9.17, 15) is 27.6 Å². The minimum Gasteiger partial charge on any atom is -0.481 e. The summed E-state index contributed by atoms with van der Waals surface area (Å²) in [5.41, 5.74) is -0.301.